The highest BCUT2D eigenvalue weighted by Gasteiger charge is 2.21. The first-order valence-electron chi connectivity index (χ1n) is 8.60. The van der Waals surface area contributed by atoms with Gasteiger partial charge in [-0.1, -0.05) is 36.4 Å². The number of hydrazone groups is 1. The Balaban J connectivity index is 1.65. The molecule has 0 aromatic heterocycles. The van der Waals surface area contributed by atoms with Crippen LogP contribution in [0.1, 0.15) is 11.1 Å². The fourth-order valence-corrected chi connectivity index (χ4v) is 2.84. The van der Waals surface area contributed by atoms with Gasteiger partial charge < -0.3 is 9.64 Å². The highest BCUT2D eigenvalue weighted by molar-refractivity contribution is 5.85. The Kier molecular flexibility index (Phi) is 6.11. The third-order valence-corrected chi connectivity index (χ3v) is 4.16. The third kappa shape index (κ3) is 5.11. The van der Waals surface area contributed by atoms with Crippen molar-refractivity contribution in [1.82, 2.24) is 5.43 Å². The molecule has 1 fully saturated rings. The van der Waals surface area contributed by atoms with Crippen LogP contribution in [0, 0.1) is 10.1 Å². The second-order valence-electron chi connectivity index (χ2n) is 6.06. The van der Waals surface area contributed by atoms with Crippen molar-refractivity contribution in [2.45, 2.75) is 6.42 Å². The molecule has 1 saturated heterocycles. The Bertz CT molecular complexity index is 833. The number of benzene rings is 2. The lowest BCUT2D eigenvalue weighted by molar-refractivity contribution is -0.384. The molecule has 0 bridgehead atoms. The van der Waals surface area contributed by atoms with Crippen LogP contribution in [0.5, 0.6) is 0 Å². The third-order valence-electron chi connectivity index (χ3n) is 4.16. The molecule has 1 heterocycles. The van der Waals surface area contributed by atoms with Crippen molar-refractivity contribution >= 4 is 23.5 Å². The summed E-state index contributed by atoms with van der Waals surface area (Å²) >= 11 is 0. The quantitative estimate of drug-likeness (QED) is 0.479. The van der Waals surface area contributed by atoms with Crippen LogP contribution in [-0.4, -0.2) is 43.3 Å². The van der Waals surface area contributed by atoms with Crippen molar-refractivity contribution < 1.29 is 14.5 Å². The van der Waals surface area contributed by atoms with E-state index in [1.807, 2.05) is 35.2 Å². The van der Waals surface area contributed by atoms with E-state index in [0.717, 1.165) is 5.56 Å². The van der Waals surface area contributed by atoms with E-state index >= 15 is 0 Å². The number of hydrogen-bond donors (Lipinski definition) is 1. The van der Waals surface area contributed by atoms with Crippen molar-refractivity contribution in [2.75, 3.05) is 31.2 Å². The van der Waals surface area contributed by atoms with Gasteiger partial charge in [-0.25, -0.2) is 5.43 Å². The number of nitro benzene ring substituents is 1. The zero-order chi connectivity index (χ0) is 19.1. The maximum absolute atomic E-state index is 11.9. The van der Waals surface area contributed by atoms with Crippen LogP contribution in [0.15, 0.2) is 53.6 Å². The first-order valence-corrected chi connectivity index (χ1v) is 8.60. The maximum atomic E-state index is 11.9. The number of nitrogens with zero attached hydrogens (tertiary/aromatic N) is 3. The maximum Gasteiger partial charge on any atom is 0.293 e. The number of nitrogens with one attached hydrogen (secondary N) is 1. The van der Waals surface area contributed by atoms with Crippen LogP contribution in [0.25, 0.3) is 0 Å². The summed E-state index contributed by atoms with van der Waals surface area (Å²) in [6.45, 7) is 2.33. The van der Waals surface area contributed by atoms with Crippen LogP contribution in [0.4, 0.5) is 11.4 Å². The summed E-state index contributed by atoms with van der Waals surface area (Å²) < 4.78 is 5.29. The van der Waals surface area contributed by atoms with Crippen LogP contribution < -0.4 is 10.3 Å². The van der Waals surface area contributed by atoms with Crippen LogP contribution in [0.3, 0.4) is 0 Å². The van der Waals surface area contributed by atoms with Crippen LogP contribution >= 0.6 is 0 Å². The molecule has 2 aromatic carbocycles. The predicted molar refractivity (Wildman–Crippen MR) is 102 cm³/mol. The smallest absolute Gasteiger partial charge is 0.293 e. The first-order chi connectivity index (χ1) is 13.1. The summed E-state index contributed by atoms with van der Waals surface area (Å²) in [6, 6.07) is 14.2. The Morgan fingerprint density at radius 3 is 2.67 bits per heavy atom. The number of anilines is 1. The SMILES string of the molecule is O=C(Cc1ccccc1)NN=Cc1ccc(N2CCOCC2)c([N+](=O)[O-])c1. The molecule has 27 heavy (non-hydrogen) atoms. The molecular formula is C19H20N4O4. The summed E-state index contributed by atoms with van der Waals surface area (Å²) in [7, 11) is 0. The van der Waals surface area contributed by atoms with E-state index in [1.165, 1.54) is 12.3 Å². The predicted octanol–water partition coefficient (Wildman–Crippen LogP) is 2.12. The van der Waals surface area contributed by atoms with E-state index < -0.39 is 4.92 Å². The van der Waals surface area contributed by atoms with Gasteiger partial charge in [0.2, 0.25) is 5.91 Å². The molecule has 3 rings (SSSR count). The number of rotatable bonds is 6. The number of carbonyl (C=O) groups excluding carboxylic acids is 1. The van der Waals surface area contributed by atoms with E-state index in [4.69, 9.17) is 4.74 Å². The van der Waals surface area contributed by atoms with Gasteiger partial charge in [0.05, 0.1) is 30.8 Å². The molecule has 1 aliphatic heterocycles. The Morgan fingerprint density at radius 1 is 1.22 bits per heavy atom. The van der Waals surface area contributed by atoms with Gasteiger partial charge in [-0.3, -0.25) is 14.9 Å². The lowest BCUT2D eigenvalue weighted by atomic mass is 10.1. The standard InChI is InChI=1S/C19H20N4O4/c24-19(13-15-4-2-1-3-5-15)21-20-14-16-6-7-17(18(12-16)23(25)26)22-8-10-27-11-9-22/h1-7,12,14H,8-11,13H2,(H,21,24). The number of hydrogen-bond acceptors (Lipinski definition) is 6. The number of nitro groups is 1. The Labute approximate surface area is 156 Å². The van der Waals surface area contributed by atoms with E-state index in [1.54, 1.807) is 12.1 Å². The number of amides is 1. The summed E-state index contributed by atoms with van der Waals surface area (Å²) in [5.74, 6) is -0.253. The molecule has 2 aromatic rings. The minimum Gasteiger partial charge on any atom is -0.378 e. The lowest BCUT2D eigenvalue weighted by Gasteiger charge is -2.28. The molecule has 1 amide bonds. The largest absolute Gasteiger partial charge is 0.378 e. The minimum atomic E-state index is -0.407. The van der Waals surface area contributed by atoms with Gasteiger partial charge in [-0.05, 0) is 11.6 Å². The monoisotopic (exact) mass is 368 g/mol. The summed E-state index contributed by atoms with van der Waals surface area (Å²) in [5, 5.41) is 15.3. The summed E-state index contributed by atoms with van der Waals surface area (Å²) in [4.78, 5) is 24.9. The second kappa shape index (κ2) is 8.91. The fourth-order valence-electron chi connectivity index (χ4n) is 2.84. The van der Waals surface area contributed by atoms with E-state index in [0.29, 0.717) is 37.6 Å². The van der Waals surface area contributed by atoms with Crippen molar-refractivity contribution in [1.29, 1.82) is 0 Å². The molecule has 0 radical (unpaired) electrons. The topological polar surface area (TPSA) is 97.1 Å². The molecule has 1 aliphatic rings. The van der Waals surface area contributed by atoms with Gasteiger partial charge in [-0.15, -0.1) is 0 Å². The molecular weight excluding hydrogens is 348 g/mol. The average Bonchev–Trinajstić information content (AvgIpc) is 2.69. The van der Waals surface area contributed by atoms with Gasteiger partial charge in [0.15, 0.2) is 0 Å². The molecule has 0 saturated carbocycles. The number of carbonyl (C=O) groups is 1. The number of morpholine rings is 1. The lowest BCUT2D eigenvalue weighted by Crippen LogP contribution is -2.36. The molecule has 0 spiro atoms. The van der Waals surface area contributed by atoms with Gasteiger partial charge in [0.25, 0.3) is 5.69 Å². The minimum absolute atomic E-state index is 0.0106. The highest BCUT2D eigenvalue weighted by atomic mass is 16.6. The zero-order valence-electron chi connectivity index (χ0n) is 14.7. The van der Waals surface area contributed by atoms with Crippen LogP contribution in [0.2, 0.25) is 0 Å². The first kappa shape index (κ1) is 18.5. The molecule has 0 unspecified atom stereocenters. The molecule has 8 heteroatoms. The Morgan fingerprint density at radius 2 is 1.96 bits per heavy atom. The molecule has 1 N–H and O–H groups in total. The fraction of sp³-hybridized carbons (Fsp3) is 0.263. The molecule has 8 nitrogen and oxygen atoms in total. The van der Waals surface area contributed by atoms with Gasteiger partial charge in [0, 0.05) is 24.7 Å². The second-order valence-corrected chi connectivity index (χ2v) is 6.06. The highest BCUT2D eigenvalue weighted by Crippen LogP contribution is 2.29. The van der Waals surface area contributed by atoms with E-state index in [2.05, 4.69) is 10.5 Å². The van der Waals surface area contributed by atoms with Crippen molar-refractivity contribution in [3.05, 3.63) is 69.8 Å². The van der Waals surface area contributed by atoms with Crippen molar-refractivity contribution in [3.8, 4) is 0 Å². The van der Waals surface area contributed by atoms with Gasteiger partial charge in [-0.2, -0.15) is 5.10 Å². The van der Waals surface area contributed by atoms with Crippen molar-refractivity contribution in [3.63, 3.8) is 0 Å². The summed E-state index contributed by atoms with van der Waals surface area (Å²) in [5.41, 5.74) is 4.44. The summed E-state index contributed by atoms with van der Waals surface area (Å²) in [6.07, 6.45) is 1.62. The molecule has 140 valence electrons. The Hall–Kier alpha value is -3.26. The molecule has 0 atom stereocenters. The number of ether oxygens (including phenoxy) is 1. The van der Waals surface area contributed by atoms with E-state index in [-0.39, 0.29) is 18.0 Å². The normalized spacial score (nSPS) is 14.3. The zero-order valence-corrected chi connectivity index (χ0v) is 14.7. The van der Waals surface area contributed by atoms with E-state index in [9.17, 15) is 14.9 Å². The van der Waals surface area contributed by atoms with Crippen molar-refractivity contribution in [2.24, 2.45) is 5.10 Å². The van der Waals surface area contributed by atoms with Gasteiger partial charge >= 0.3 is 0 Å². The van der Waals surface area contributed by atoms with Crippen LogP contribution in [-0.2, 0) is 16.0 Å². The molecule has 0 aliphatic carbocycles. The average molecular weight is 368 g/mol. The van der Waals surface area contributed by atoms with Gasteiger partial charge in [0.1, 0.15) is 5.69 Å².